The van der Waals surface area contributed by atoms with E-state index in [0.29, 0.717) is 18.8 Å². The lowest BCUT2D eigenvalue weighted by Gasteiger charge is -2.07. The number of hydrogen-bond donors (Lipinski definition) is 2. The minimum absolute atomic E-state index is 0.220. The van der Waals surface area contributed by atoms with Gasteiger partial charge in [-0.05, 0) is 18.1 Å². The van der Waals surface area contributed by atoms with E-state index < -0.39 is 0 Å². The van der Waals surface area contributed by atoms with Crippen LogP contribution in [-0.4, -0.2) is 11.1 Å². The summed E-state index contributed by atoms with van der Waals surface area (Å²) in [5, 5.41) is 6.45. The Hall–Kier alpha value is -2.14. The molecule has 1 aromatic carbocycles. The fourth-order valence-corrected chi connectivity index (χ4v) is 1.66. The molecule has 0 saturated carbocycles. The predicted octanol–water partition coefficient (Wildman–Crippen LogP) is 1.37. The molecule has 0 spiro atoms. The van der Waals surface area contributed by atoms with Crippen LogP contribution in [0.5, 0.6) is 0 Å². The molecule has 1 amide bonds. The van der Waals surface area contributed by atoms with Crippen LogP contribution in [-0.2, 0) is 13.1 Å². The van der Waals surface area contributed by atoms with Gasteiger partial charge >= 0.3 is 0 Å². The maximum Gasteiger partial charge on any atom is 0.290 e. The standard InChI is InChI=1S/C13H15N3O2/c1-9-6-12(18-16-9)13(17)15-8-11-5-3-2-4-10(11)7-14/h2-6H,7-8,14H2,1H3,(H,15,17). The summed E-state index contributed by atoms with van der Waals surface area (Å²) < 4.78 is 4.88. The molecule has 0 atom stereocenters. The molecule has 2 rings (SSSR count). The molecule has 0 radical (unpaired) electrons. The fourth-order valence-electron chi connectivity index (χ4n) is 1.66. The maximum atomic E-state index is 11.8. The zero-order chi connectivity index (χ0) is 13.0. The lowest BCUT2D eigenvalue weighted by atomic mass is 10.1. The summed E-state index contributed by atoms with van der Waals surface area (Å²) in [7, 11) is 0. The summed E-state index contributed by atoms with van der Waals surface area (Å²) in [4.78, 5) is 11.8. The lowest BCUT2D eigenvalue weighted by molar-refractivity contribution is 0.0914. The third-order valence-electron chi connectivity index (χ3n) is 2.63. The average Bonchev–Trinajstić information content (AvgIpc) is 2.83. The number of carbonyl (C=O) groups excluding carboxylic acids is 1. The quantitative estimate of drug-likeness (QED) is 0.852. The van der Waals surface area contributed by atoms with Gasteiger partial charge in [0.25, 0.3) is 5.91 Å². The highest BCUT2D eigenvalue weighted by atomic mass is 16.5. The molecule has 2 aromatic rings. The largest absolute Gasteiger partial charge is 0.351 e. The zero-order valence-electron chi connectivity index (χ0n) is 10.1. The zero-order valence-corrected chi connectivity index (χ0v) is 10.1. The highest BCUT2D eigenvalue weighted by Crippen LogP contribution is 2.08. The van der Waals surface area contributed by atoms with Crippen LogP contribution in [0.1, 0.15) is 27.4 Å². The van der Waals surface area contributed by atoms with Crippen molar-refractivity contribution in [3.05, 3.63) is 52.9 Å². The number of aromatic nitrogens is 1. The summed E-state index contributed by atoms with van der Waals surface area (Å²) in [6.07, 6.45) is 0. The molecule has 5 nitrogen and oxygen atoms in total. The van der Waals surface area contributed by atoms with Crippen molar-refractivity contribution in [2.75, 3.05) is 0 Å². The highest BCUT2D eigenvalue weighted by Gasteiger charge is 2.11. The Morgan fingerprint density at radius 2 is 2.11 bits per heavy atom. The van der Waals surface area contributed by atoms with Crippen molar-refractivity contribution in [3.8, 4) is 0 Å². The molecule has 5 heteroatoms. The second-order valence-corrected chi connectivity index (χ2v) is 3.99. The SMILES string of the molecule is Cc1cc(C(=O)NCc2ccccc2CN)on1. The van der Waals surface area contributed by atoms with Gasteiger partial charge < -0.3 is 15.6 Å². The van der Waals surface area contributed by atoms with Gasteiger partial charge in [0.15, 0.2) is 0 Å². The third-order valence-corrected chi connectivity index (χ3v) is 2.63. The van der Waals surface area contributed by atoms with Crippen molar-refractivity contribution in [1.29, 1.82) is 0 Å². The fraction of sp³-hybridized carbons (Fsp3) is 0.231. The summed E-state index contributed by atoms with van der Waals surface area (Å²) in [6, 6.07) is 9.32. The van der Waals surface area contributed by atoms with E-state index in [1.807, 2.05) is 24.3 Å². The normalized spacial score (nSPS) is 10.3. The lowest BCUT2D eigenvalue weighted by Crippen LogP contribution is -2.23. The van der Waals surface area contributed by atoms with Crippen LogP contribution >= 0.6 is 0 Å². The Bertz CT molecular complexity index is 549. The minimum Gasteiger partial charge on any atom is -0.351 e. The summed E-state index contributed by atoms with van der Waals surface area (Å²) in [5.41, 5.74) is 8.34. The Morgan fingerprint density at radius 3 is 2.72 bits per heavy atom. The van der Waals surface area contributed by atoms with E-state index in [0.717, 1.165) is 11.1 Å². The first-order valence-corrected chi connectivity index (χ1v) is 5.69. The van der Waals surface area contributed by atoms with Crippen LogP contribution in [0.25, 0.3) is 0 Å². The van der Waals surface area contributed by atoms with Crippen LogP contribution in [0.2, 0.25) is 0 Å². The van der Waals surface area contributed by atoms with E-state index in [4.69, 9.17) is 10.3 Å². The van der Waals surface area contributed by atoms with Crippen LogP contribution in [0.4, 0.5) is 0 Å². The minimum atomic E-state index is -0.276. The molecule has 0 bridgehead atoms. The molecule has 94 valence electrons. The first kappa shape index (κ1) is 12.3. The molecule has 0 saturated heterocycles. The van der Waals surface area contributed by atoms with E-state index in [1.54, 1.807) is 13.0 Å². The van der Waals surface area contributed by atoms with Gasteiger partial charge in [0.05, 0.1) is 5.69 Å². The first-order chi connectivity index (χ1) is 8.70. The number of nitrogens with two attached hydrogens (primary N) is 1. The second-order valence-electron chi connectivity index (χ2n) is 3.99. The second kappa shape index (κ2) is 5.46. The Kier molecular flexibility index (Phi) is 3.74. The summed E-state index contributed by atoms with van der Waals surface area (Å²) in [5.74, 6) is -0.0554. The van der Waals surface area contributed by atoms with Gasteiger partial charge in [0.1, 0.15) is 0 Å². The van der Waals surface area contributed by atoms with Crippen molar-refractivity contribution in [1.82, 2.24) is 10.5 Å². The van der Waals surface area contributed by atoms with Crippen LogP contribution in [0, 0.1) is 6.92 Å². The summed E-state index contributed by atoms with van der Waals surface area (Å²) >= 11 is 0. The van der Waals surface area contributed by atoms with E-state index >= 15 is 0 Å². The van der Waals surface area contributed by atoms with Crippen LogP contribution < -0.4 is 11.1 Å². The Balaban J connectivity index is 2.01. The Morgan fingerprint density at radius 1 is 1.39 bits per heavy atom. The van der Waals surface area contributed by atoms with Gasteiger partial charge in [-0.25, -0.2) is 0 Å². The average molecular weight is 245 g/mol. The smallest absolute Gasteiger partial charge is 0.290 e. The molecule has 0 fully saturated rings. The molecule has 18 heavy (non-hydrogen) atoms. The number of hydrogen-bond acceptors (Lipinski definition) is 4. The number of aryl methyl sites for hydroxylation is 1. The van der Waals surface area contributed by atoms with Crippen LogP contribution in [0.3, 0.4) is 0 Å². The van der Waals surface area contributed by atoms with E-state index in [1.165, 1.54) is 0 Å². The van der Waals surface area contributed by atoms with E-state index in [2.05, 4.69) is 10.5 Å². The third kappa shape index (κ3) is 2.75. The van der Waals surface area contributed by atoms with Crippen molar-refractivity contribution < 1.29 is 9.32 Å². The van der Waals surface area contributed by atoms with Gasteiger partial charge in [-0.1, -0.05) is 29.4 Å². The number of nitrogens with one attached hydrogen (secondary N) is 1. The number of benzene rings is 1. The first-order valence-electron chi connectivity index (χ1n) is 5.69. The molecule has 0 aliphatic heterocycles. The van der Waals surface area contributed by atoms with Crippen molar-refractivity contribution in [2.24, 2.45) is 5.73 Å². The molecular formula is C13H15N3O2. The van der Waals surface area contributed by atoms with E-state index in [-0.39, 0.29) is 11.7 Å². The number of amides is 1. The predicted molar refractivity (Wildman–Crippen MR) is 66.7 cm³/mol. The number of rotatable bonds is 4. The monoisotopic (exact) mass is 245 g/mol. The molecule has 3 N–H and O–H groups in total. The molecule has 0 unspecified atom stereocenters. The maximum absolute atomic E-state index is 11.8. The van der Waals surface area contributed by atoms with Crippen molar-refractivity contribution >= 4 is 5.91 Å². The Labute approximate surface area is 105 Å². The highest BCUT2D eigenvalue weighted by molar-refractivity contribution is 5.91. The molecule has 1 aromatic heterocycles. The molecule has 1 heterocycles. The van der Waals surface area contributed by atoms with Crippen molar-refractivity contribution in [2.45, 2.75) is 20.0 Å². The molecule has 0 aliphatic rings. The number of carbonyl (C=O) groups is 1. The summed E-state index contributed by atoms with van der Waals surface area (Å²) in [6.45, 7) is 2.64. The van der Waals surface area contributed by atoms with Gasteiger partial charge in [-0.15, -0.1) is 0 Å². The van der Waals surface area contributed by atoms with Gasteiger partial charge in [-0.3, -0.25) is 4.79 Å². The molecular weight excluding hydrogens is 230 g/mol. The van der Waals surface area contributed by atoms with E-state index in [9.17, 15) is 4.79 Å². The van der Waals surface area contributed by atoms with Gasteiger partial charge in [0.2, 0.25) is 5.76 Å². The van der Waals surface area contributed by atoms with Crippen LogP contribution in [0.15, 0.2) is 34.9 Å². The number of nitrogens with zero attached hydrogens (tertiary/aromatic N) is 1. The topological polar surface area (TPSA) is 81.2 Å². The van der Waals surface area contributed by atoms with Crippen molar-refractivity contribution in [3.63, 3.8) is 0 Å². The van der Waals surface area contributed by atoms with Gasteiger partial charge in [-0.2, -0.15) is 0 Å². The van der Waals surface area contributed by atoms with Gasteiger partial charge in [0, 0.05) is 19.2 Å². The molecule has 0 aliphatic carbocycles.